The molecule has 0 radical (unpaired) electrons. The monoisotopic (exact) mass is 489 g/mol. The van der Waals surface area contributed by atoms with E-state index in [1.807, 2.05) is 26.0 Å². The smallest absolute Gasteiger partial charge is 0.269 e. The van der Waals surface area contributed by atoms with Gasteiger partial charge in [0.1, 0.15) is 5.75 Å². The van der Waals surface area contributed by atoms with Gasteiger partial charge in [-0.25, -0.2) is 0 Å². The van der Waals surface area contributed by atoms with E-state index < -0.39 is 0 Å². The summed E-state index contributed by atoms with van der Waals surface area (Å²) in [5.74, 6) is 1.29. The van der Waals surface area contributed by atoms with Crippen LogP contribution in [0.3, 0.4) is 0 Å². The van der Waals surface area contributed by atoms with E-state index in [4.69, 9.17) is 4.74 Å². The third kappa shape index (κ3) is 7.66. The molecule has 5 heteroatoms. The number of nitro benzene ring substituents is 1. The Hall–Kier alpha value is -3.18. The normalized spacial score (nSPS) is 14.5. The fraction of sp³-hybridized carbons (Fsp3) is 0.419. The zero-order valence-corrected chi connectivity index (χ0v) is 21.8. The molecule has 36 heavy (non-hydrogen) atoms. The highest BCUT2D eigenvalue weighted by Crippen LogP contribution is 2.37. The maximum atomic E-state index is 10.9. The maximum absolute atomic E-state index is 10.9. The molecule has 1 saturated carbocycles. The average Bonchev–Trinajstić information content (AvgIpc) is 2.91. The van der Waals surface area contributed by atoms with Crippen LogP contribution in [0.2, 0.25) is 0 Å². The molecule has 5 nitrogen and oxygen atoms in total. The summed E-state index contributed by atoms with van der Waals surface area (Å²) in [6.45, 7) is 7.92. The van der Waals surface area contributed by atoms with Crippen LogP contribution in [0.5, 0.6) is 5.75 Å². The molecule has 4 rings (SSSR count). The molecule has 1 fully saturated rings. The van der Waals surface area contributed by atoms with Crippen molar-refractivity contribution in [1.29, 1.82) is 0 Å². The highest BCUT2D eigenvalue weighted by Gasteiger charge is 2.20. The van der Waals surface area contributed by atoms with E-state index in [9.17, 15) is 15.2 Å². The number of nitrogens with zero attached hydrogens (tertiary/aromatic N) is 1. The van der Waals surface area contributed by atoms with Crippen LogP contribution < -0.4 is 0 Å². The van der Waals surface area contributed by atoms with Crippen molar-refractivity contribution >= 4 is 5.69 Å². The molecule has 3 aromatic carbocycles. The minimum atomic E-state index is -0.376. The summed E-state index contributed by atoms with van der Waals surface area (Å²) in [6.07, 6.45) is 7.26. The van der Waals surface area contributed by atoms with Crippen LogP contribution in [0.1, 0.15) is 81.4 Å². The number of hydrogen-bond donors (Lipinski definition) is 1. The van der Waals surface area contributed by atoms with Crippen LogP contribution in [0, 0.1) is 10.1 Å². The van der Waals surface area contributed by atoms with Crippen LogP contribution in [0.15, 0.2) is 66.7 Å². The minimum Gasteiger partial charge on any atom is -0.508 e. The fourth-order valence-corrected chi connectivity index (χ4v) is 4.99. The Balaban J connectivity index is 0.000000658. The van der Waals surface area contributed by atoms with Crippen molar-refractivity contribution < 1.29 is 14.8 Å². The predicted molar refractivity (Wildman–Crippen MR) is 147 cm³/mol. The lowest BCUT2D eigenvalue weighted by molar-refractivity contribution is -0.384. The van der Waals surface area contributed by atoms with E-state index in [-0.39, 0.29) is 10.6 Å². The van der Waals surface area contributed by atoms with E-state index in [0.717, 1.165) is 30.8 Å². The predicted octanol–water partition coefficient (Wildman–Crippen LogP) is 8.40. The lowest BCUT2D eigenvalue weighted by Crippen LogP contribution is -2.09. The Morgan fingerprint density at radius 2 is 1.50 bits per heavy atom. The first kappa shape index (κ1) is 27.4. The summed E-state index contributed by atoms with van der Waals surface area (Å²) in [7, 11) is 0. The first-order valence-corrected chi connectivity index (χ1v) is 13.2. The third-order valence-electron chi connectivity index (χ3n) is 7.00. The second-order valence-corrected chi connectivity index (χ2v) is 9.53. The number of phenolic OH excluding ortho intramolecular Hbond substituents is 1. The van der Waals surface area contributed by atoms with E-state index in [1.54, 1.807) is 24.3 Å². The van der Waals surface area contributed by atoms with Gasteiger partial charge < -0.3 is 9.84 Å². The summed E-state index contributed by atoms with van der Waals surface area (Å²) < 4.78 is 4.83. The van der Waals surface area contributed by atoms with Crippen molar-refractivity contribution in [2.24, 2.45) is 0 Å². The van der Waals surface area contributed by atoms with Gasteiger partial charge in [0.15, 0.2) is 0 Å². The van der Waals surface area contributed by atoms with Gasteiger partial charge in [0.25, 0.3) is 5.69 Å². The maximum Gasteiger partial charge on any atom is 0.269 e. The molecule has 0 saturated heterocycles. The van der Waals surface area contributed by atoms with Gasteiger partial charge in [0.05, 0.1) is 4.92 Å². The molecule has 192 valence electrons. The van der Waals surface area contributed by atoms with E-state index in [0.29, 0.717) is 17.6 Å². The summed E-state index contributed by atoms with van der Waals surface area (Å²) in [5.41, 5.74) is 6.08. The van der Waals surface area contributed by atoms with E-state index >= 15 is 0 Å². The van der Waals surface area contributed by atoms with Crippen LogP contribution >= 0.6 is 0 Å². The number of phenols is 1. The molecule has 0 aromatic heterocycles. The number of nitro groups is 1. The van der Waals surface area contributed by atoms with Crippen molar-refractivity contribution in [3.63, 3.8) is 0 Å². The Labute approximate surface area is 215 Å². The van der Waals surface area contributed by atoms with Gasteiger partial charge in [-0.15, -0.1) is 0 Å². The first-order chi connectivity index (χ1) is 17.4. The molecule has 0 heterocycles. The molecule has 0 spiro atoms. The van der Waals surface area contributed by atoms with Crippen LogP contribution in [-0.2, 0) is 11.2 Å². The topological polar surface area (TPSA) is 72.6 Å². The van der Waals surface area contributed by atoms with Gasteiger partial charge in [-0.2, -0.15) is 0 Å². The van der Waals surface area contributed by atoms with Crippen molar-refractivity contribution in [2.45, 2.75) is 71.1 Å². The number of rotatable bonds is 8. The number of aromatic hydroxyl groups is 1. The minimum absolute atomic E-state index is 0.108. The lowest BCUT2D eigenvalue weighted by Gasteiger charge is -2.25. The van der Waals surface area contributed by atoms with E-state index in [2.05, 4.69) is 37.3 Å². The Morgan fingerprint density at radius 1 is 0.917 bits per heavy atom. The fourth-order valence-electron chi connectivity index (χ4n) is 4.99. The second-order valence-electron chi connectivity index (χ2n) is 9.53. The van der Waals surface area contributed by atoms with Crippen molar-refractivity contribution in [2.75, 3.05) is 13.2 Å². The zero-order chi connectivity index (χ0) is 25.9. The van der Waals surface area contributed by atoms with Crippen LogP contribution in [0.4, 0.5) is 5.69 Å². The molecule has 3 aromatic rings. The van der Waals surface area contributed by atoms with Gasteiger partial charge in [-0.1, -0.05) is 56.5 Å². The molecule has 1 unspecified atom stereocenters. The highest BCUT2D eigenvalue weighted by atomic mass is 16.6. The van der Waals surface area contributed by atoms with Crippen molar-refractivity contribution in [1.82, 2.24) is 0 Å². The lowest BCUT2D eigenvalue weighted by atomic mass is 9.80. The molecule has 0 bridgehead atoms. The molecular formula is C31H39NO4. The number of hydrogen-bond acceptors (Lipinski definition) is 4. The SMILES string of the molecule is CC(Cc1ccc(O)cc1C1CCCCC1)c1ccc(-c2ccc([N+](=O)[O-])cc2)cc1.CCOCC. The van der Waals surface area contributed by atoms with Gasteiger partial charge in [-0.05, 0) is 97.0 Å². The van der Waals surface area contributed by atoms with Gasteiger partial charge in [0, 0.05) is 25.3 Å². The number of benzene rings is 3. The highest BCUT2D eigenvalue weighted by molar-refractivity contribution is 5.65. The van der Waals surface area contributed by atoms with Gasteiger partial charge in [-0.3, -0.25) is 10.1 Å². The Bertz CT molecular complexity index is 1080. The molecule has 0 amide bonds. The summed E-state index contributed by atoms with van der Waals surface area (Å²) >= 11 is 0. The van der Waals surface area contributed by atoms with Gasteiger partial charge >= 0.3 is 0 Å². The Morgan fingerprint density at radius 3 is 2.03 bits per heavy atom. The molecule has 1 aliphatic carbocycles. The van der Waals surface area contributed by atoms with Crippen molar-refractivity contribution in [3.05, 3.63) is 93.5 Å². The summed E-state index contributed by atoms with van der Waals surface area (Å²) in [5, 5.41) is 20.9. The largest absolute Gasteiger partial charge is 0.508 e. The second kappa shape index (κ2) is 13.8. The standard InChI is InChI=1S/C27H29NO3.C4H10O/c1-19(17-24-13-16-26(29)18-27(24)23-5-3-2-4-6-23)20-7-9-21(10-8-20)22-11-14-25(15-12-22)28(30)31;1-3-5-4-2/h7-16,18-19,23,29H,2-6,17H2,1H3;3-4H2,1-2H3. The molecule has 1 aliphatic rings. The number of ether oxygens (including phenoxy) is 1. The first-order valence-electron chi connectivity index (χ1n) is 13.2. The quantitative estimate of drug-likeness (QED) is 0.255. The van der Waals surface area contributed by atoms with Crippen LogP contribution in [0.25, 0.3) is 11.1 Å². The van der Waals surface area contributed by atoms with Gasteiger partial charge in [0.2, 0.25) is 0 Å². The molecule has 1 N–H and O–H groups in total. The molecule has 0 aliphatic heterocycles. The van der Waals surface area contributed by atoms with Crippen LogP contribution in [-0.4, -0.2) is 23.2 Å². The summed E-state index contributed by atoms with van der Waals surface area (Å²) in [4.78, 5) is 10.5. The third-order valence-corrected chi connectivity index (χ3v) is 7.00. The van der Waals surface area contributed by atoms with Crippen molar-refractivity contribution in [3.8, 4) is 16.9 Å². The Kier molecular flexibility index (Phi) is 10.5. The summed E-state index contributed by atoms with van der Waals surface area (Å²) in [6, 6.07) is 21.1. The average molecular weight is 490 g/mol. The molecule has 1 atom stereocenters. The molecular weight excluding hydrogens is 450 g/mol. The zero-order valence-electron chi connectivity index (χ0n) is 21.8. The number of non-ortho nitro benzene ring substituents is 1. The van der Waals surface area contributed by atoms with E-state index in [1.165, 1.54) is 48.8 Å².